The molecule has 0 aromatic carbocycles. The Labute approximate surface area is 89.3 Å². The van der Waals surface area contributed by atoms with Gasteiger partial charge >= 0.3 is 0 Å². The Balaban J connectivity index is 2.84. The lowest BCUT2D eigenvalue weighted by Crippen LogP contribution is -2.35. The summed E-state index contributed by atoms with van der Waals surface area (Å²) in [5, 5.41) is 2.72. The first-order valence-corrected chi connectivity index (χ1v) is 5.92. The molecule has 2 N–H and O–H groups in total. The number of nitrogens with zero attached hydrogens (tertiary/aromatic N) is 1. The van der Waals surface area contributed by atoms with Gasteiger partial charge in [-0.3, -0.25) is 0 Å². The fourth-order valence-corrected chi connectivity index (χ4v) is 2.12. The second-order valence-corrected chi connectivity index (χ2v) is 4.12. The third kappa shape index (κ3) is 2.25. The summed E-state index contributed by atoms with van der Waals surface area (Å²) < 4.78 is 5.32. The molecule has 1 aromatic heterocycles. The van der Waals surface area contributed by atoms with Gasteiger partial charge in [-0.15, -0.1) is 0 Å². The molecule has 80 valence electrons. The summed E-state index contributed by atoms with van der Waals surface area (Å²) in [4.78, 5) is 4.39. The Bertz CT molecular complexity index is 281. The maximum absolute atomic E-state index is 6.22. The van der Waals surface area contributed by atoms with Crippen molar-refractivity contribution >= 4 is 11.3 Å². The van der Waals surface area contributed by atoms with Crippen molar-refractivity contribution in [1.82, 2.24) is 4.98 Å². The molecular formula is C10H18N2OS. The minimum atomic E-state index is -0.286. The van der Waals surface area contributed by atoms with Gasteiger partial charge in [0.15, 0.2) is 0 Å². The number of hydrogen-bond donors (Lipinski definition) is 1. The van der Waals surface area contributed by atoms with Crippen molar-refractivity contribution in [2.45, 2.75) is 39.2 Å². The summed E-state index contributed by atoms with van der Waals surface area (Å²) in [5.74, 6) is 0. The molecule has 0 spiro atoms. The molecule has 1 aromatic rings. The van der Waals surface area contributed by atoms with E-state index in [1.807, 2.05) is 12.3 Å². The highest BCUT2D eigenvalue weighted by Gasteiger charge is 2.26. The van der Waals surface area contributed by atoms with E-state index in [4.69, 9.17) is 10.5 Å². The van der Waals surface area contributed by atoms with E-state index in [1.54, 1.807) is 0 Å². The summed E-state index contributed by atoms with van der Waals surface area (Å²) in [6, 6.07) is 0. The van der Waals surface area contributed by atoms with Gasteiger partial charge in [0.05, 0.1) is 17.8 Å². The van der Waals surface area contributed by atoms with Gasteiger partial charge in [0.1, 0.15) is 0 Å². The van der Waals surface area contributed by atoms with E-state index in [0.717, 1.165) is 23.7 Å². The number of thiazole rings is 1. The molecule has 0 saturated heterocycles. The van der Waals surface area contributed by atoms with E-state index in [-0.39, 0.29) is 5.54 Å². The van der Waals surface area contributed by atoms with Gasteiger partial charge in [-0.05, 0) is 19.8 Å². The van der Waals surface area contributed by atoms with Crippen LogP contribution < -0.4 is 10.5 Å². The first-order valence-electron chi connectivity index (χ1n) is 5.04. The van der Waals surface area contributed by atoms with Crippen LogP contribution in [0, 0.1) is 0 Å². The molecule has 14 heavy (non-hydrogen) atoms. The first kappa shape index (κ1) is 11.5. The third-order valence-corrected chi connectivity index (χ3v) is 3.27. The highest BCUT2D eigenvalue weighted by Crippen LogP contribution is 2.29. The van der Waals surface area contributed by atoms with Crippen LogP contribution in [-0.2, 0) is 5.54 Å². The molecule has 4 heteroatoms. The van der Waals surface area contributed by atoms with E-state index in [9.17, 15) is 0 Å². The maximum atomic E-state index is 6.22. The van der Waals surface area contributed by atoms with Crippen molar-refractivity contribution in [3.05, 3.63) is 11.1 Å². The Morgan fingerprint density at radius 1 is 1.43 bits per heavy atom. The molecular weight excluding hydrogens is 196 g/mol. The van der Waals surface area contributed by atoms with Crippen LogP contribution in [0.25, 0.3) is 0 Å². The number of nitrogens with two attached hydrogens (primary N) is 1. The molecule has 0 unspecified atom stereocenters. The van der Waals surface area contributed by atoms with Crippen LogP contribution in [-0.4, -0.2) is 11.6 Å². The highest BCUT2D eigenvalue weighted by atomic mass is 32.1. The zero-order valence-corrected chi connectivity index (χ0v) is 9.86. The van der Waals surface area contributed by atoms with E-state index in [1.165, 1.54) is 11.3 Å². The van der Waals surface area contributed by atoms with Crippen molar-refractivity contribution in [2.24, 2.45) is 5.73 Å². The lowest BCUT2D eigenvalue weighted by atomic mass is 9.91. The topological polar surface area (TPSA) is 48.1 Å². The summed E-state index contributed by atoms with van der Waals surface area (Å²) in [7, 11) is 0. The van der Waals surface area contributed by atoms with Crippen molar-refractivity contribution < 1.29 is 4.74 Å². The molecule has 0 aliphatic carbocycles. The summed E-state index contributed by atoms with van der Waals surface area (Å²) in [6.07, 6.45) is 1.80. The summed E-state index contributed by atoms with van der Waals surface area (Å²) in [5.41, 5.74) is 6.88. The van der Waals surface area contributed by atoms with Crippen LogP contribution in [0.5, 0.6) is 5.19 Å². The van der Waals surface area contributed by atoms with Crippen LogP contribution in [0.1, 0.15) is 39.3 Å². The zero-order valence-electron chi connectivity index (χ0n) is 9.04. The predicted molar refractivity (Wildman–Crippen MR) is 59.7 cm³/mol. The average Bonchev–Trinajstić information content (AvgIpc) is 2.66. The second-order valence-electron chi connectivity index (χ2n) is 3.29. The monoisotopic (exact) mass is 214 g/mol. The molecule has 0 radical (unpaired) electrons. The molecule has 0 fully saturated rings. The normalized spacial score (nSPS) is 11.7. The van der Waals surface area contributed by atoms with Gasteiger partial charge in [-0.1, -0.05) is 25.2 Å². The first-order chi connectivity index (χ1) is 6.66. The van der Waals surface area contributed by atoms with E-state index in [0.29, 0.717) is 6.61 Å². The Morgan fingerprint density at radius 3 is 2.57 bits per heavy atom. The number of ether oxygens (including phenoxy) is 1. The van der Waals surface area contributed by atoms with Crippen molar-refractivity contribution in [1.29, 1.82) is 0 Å². The highest BCUT2D eigenvalue weighted by molar-refractivity contribution is 7.11. The number of rotatable bonds is 5. The van der Waals surface area contributed by atoms with Gasteiger partial charge in [0.2, 0.25) is 0 Å². The standard InChI is InChI=1S/C10H18N2OS/c1-4-10(11,5-2)8-7-14-9(12-8)13-6-3/h7H,4-6,11H2,1-3H3. The van der Waals surface area contributed by atoms with Crippen LogP contribution in [0.2, 0.25) is 0 Å². The number of aromatic nitrogens is 1. The fourth-order valence-electron chi connectivity index (χ4n) is 1.29. The minimum absolute atomic E-state index is 0.286. The van der Waals surface area contributed by atoms with Gasteiger partial charge in [-0.2, -0.15) is 0 Å². The molecule has 0 saturated carbocycles. The second kappa shape index (κ2) is 4.75. The van der Waals surface area contributed by atoms with Crippen LogP contribution >= 0.6 is 11.3 Å². The smallest absolute Gasteiger partial charge is 0.273 e. The van der Waals surface area contributed by atoms with Crippen molar-refractivity contribution in [3.63, 3.8) is 0 Å². The lowest BCUT2D eigenvalue weighted by molar-refractivity contribution is 0.331. The van der Waals surface area contributed by atoms with Gasteiger partial charge in [0, 0.05) is 5.38 Å². The lowest BCUT2D eigenvalue weighted by Gasteiger charge is -2.23. The molecule has 0 aliphatic heterocycles. The molecule has 0 amide bonds. The molecule has 0 aliphatic rings. The van der Waals surface area contributed by atoms with Gasteiger partial charge < -0.3 is 10.5 Å². The third-order valence-electron chi connectivity index (χ3n) is 2.52. The average molecular weight is 214 g/mol. The van der Waals surface area contributed by atoms with E-state index in [2.05, 4.69) is 18.8 Å². The number of hydrogen-bond acceptors (Lipinski definition) is 4. The quantitative estimate of drug-likeness (QED) is 0.819. The van der Waals surface area contributed by atoms with Crippen molar-refractivity contribution in [2.75, 3.05) is 6.61 Å². The minimum Gasteiger partial charge on any atom is -0.470 e. The van der Waals surface area contributed by atoms with Crippen LogP contribution in [0.4, 0.5) is 0 Å². The summed E-state index contributed by atoms with van der Waals surface area (Å²) in [6.45, 7) is 6.78. The van der Waals surface area contributed by atoms with Crippen LogP contribution in [0.3, 0.4) is 0 Å². The SMILES string of the molecule is CCOc1nc(C(N)(CC)CC)cs1. The maximum Gasteiger partial charge on any atom is 0.273 e. The zero-order chi connectivity index (χ0) is 10.6. The van der Waals surface area contributed by atoms with Gasteiger partial charge in [0.25, 0.3) is 5.19 Å². The van der Waals surface area contributed by atoms with Gasteiger partial charge in [-0.25, -0.2) is 4.98 Å². The molecule has 3 nitrogen and oxygen atoms in total. The predicted octanol–water partition coefficient (Wildman–Crippen LogP) is 2.52. The molecule has 0 bridgehead atoms. The molecule has 1 heterocycles. The molecule has 1 rings (SSSR count). The molecule has 0 atom stereocenters. The van der Waals surface area contributed by atoms with E-state index >= 15 is 0 Å². The largest absolute Gasteiger partial charge is 0.470 e. The Kier molecular flexibility index (Phi) is 3.89. The fraction of sp³-hybridized carbons (Fsp3) is 0.700. The van der Waals surface area contributed by atoms with Crippen molar-refractivity contribution in [3.8, 4) is 5.19 Å². The van der Waals surface area contributed by atoms with E-state index < -0.39 is 0 Å². The Hall–Kier alpha value is -0.610. The Morgan fingerprint density at radius 2 is 2.07 bits per heavy atom. The summed E-state index contributed by atoms with van der Waals surface area (Å²) >= 11 is 1.52. The van der Waals surface area contributed by atoms with Crippen LogP contribution in [0.15, 0.2) is 5.38 Å².